The summed E-state index contributed by atoms with van der Waals surface area (Å²) < 4.78 is 12.3. The Morgan fingerprint density at radius 3 is 1.47 bits per heavy atom. The molecule has 0 amide bonds. The van der Waals surface area contributed by atoms with E-state index in [1.807, 2.05) is 36.4 Å². The van der Waals surface area contributed by atoms with Crippen molar-refractivity contribution in [3.05, 3.63) is 59.7 Å². The molecule has 2 nitrogen and oxygen atoms in total. The predicted molar refractivity (Wildman–Crippen MR) is 91.7 cm³/mol. The SMILES string of the molecule is Cc1ccccc1[O][Hf]([I])([I])[O]c1ccccc1C. The van der Waals surface area contributed by atoms with Crippen LogP contribution in [-0.2, 0) is 12.5 Å². The summed E-state index contributed by atoms with van der Waals surface area (Å²) in [5.41, 5.74) is 2.29. The molecule has 100 valence electrons. The normalized spacial score (nSPS) is 11.2. The van der Waals surface area contributed by atoms with Gasteiger partial charge in [-0.3, -0.25) is 0 Å². The Morgan fingerprint density at radius 1 is 0.737 bits per heavy atom. The fourth-order valence-corrected chi connectivity index (χ4v) is 13.0. The average molecular weight is 647 g/mol. The van der Waals surface area contributed by atoms with Gasteiger partial charge in [0.1, 0.15) is 0 Å². The monoisotopic (exact) mass is 648 g/mol. The molecular weight excluding hydrogens is 632 g/mol. The molecule has 0 fully saturated rings. The van der Waals surface area contributed by atoms with Gasteiger partial charge in [0.2, 0.25) is 0 Å². The first-order valence-corrected chi connectivity index (χ1v) is 29.2. The average Bonchev–Trinajstić information content (AvgIpc) is 2.35. The number of para-hydroxylation sites is 2. The molecule has 0 bridgehead atoms. The van der Waals surface area contributed by atoms with E-state index in [2.05, 4.69) is 62.3 Å². The molecule has 0 N–H and O–H groups in total. The molecule has 19 heavy (non-hydrogen) atoms. The van der Waals surface area contributed by atoms with Crippen LogP contribution in [0.5, 0.6) is 11.5 Å². The molecular formula is C14H14HfI2O2. The Balaban J connectivity index is 2.15. The van der Waals surface area contributed by atoms with Crippen molar-refractivity contribution in [3.8, 4) is 11.5 Å². The van der Waals surface area contributed by atoms with E-state index >= 15 is 0 Å². The zero-order chi connectivity index (χ0) is 13.9. The molecule has 0 saturated heterocycles. The van der Waals surface area contributed by atoms with E-state index in [0.29, 0.717) is 0 Å². The quantitative estimate of drug-likeness (QED) is 0.326. The van der Waals surface area contributed by atoms with E-state index in [0.717, 1.165) is 22.6 Å². The van der Waals surface area contributed by atoms with Crippen molar-refractivity contribution < 1.29 is 18.2 Å². The Hall–Kier alpha value is 0.370. The van der Waals surface area contributed by atoms with Crippen molar-refractivity contribution in [2.75, 3.05) is 0 Å². The van der Waals surface area contributed by atoms with Crippen LogP contribution in [0.2, 0.25) is 0 Å². The van der Waals surface area contributed by atoms with Crippen molar-refractivity contribution in [1.82, 2.24) is 0 Å². The molecule has 0 aliphatic heterocycles. The van der Waals surface area contributed by atoms with Gasteiger partial charge in [-0.1, -0.05) is 0 Å². The number of benzene rings is 2. The first-order valence-electron chi connectivity index (χ1n) is 5.85. The van der Waals surface area contributed by atoms with Crippen molar-refractivity contribution in [1.29, 1.82) is 0 Å². The maximum absolute atomic E-state index is 6.16. The summed E-state index contributed by atoms with van der Waals surface area (Å²) in [5.74, 6) is 1.86. The molecule has 2 aromatic rings. The molecule has 0 aliphatic rings. The number of rotatable bonds is 4. The molecule has 2 rings (SSSR count). The van der Waals surface area contributed by atoms with Gasteiger partial charge < -0.3 is 0 Å². The van der Waals surface area contributed by atoms with Crippen LogP contribution >= 0.6 is 36.3 Å². The fourth-order valence-electron chi connectivity index (χ4n) is 1.62. The van der Waals surface area contributed by atoms with Crippen LogP contribution in [0, 0.1) is 13.8 Å². The van der Waals surface area contributed by atoms with E-state index in [1.165, 1.54) is 0 Å². The maximum atomic E-state index is 6.16. The summed E-state index contributed by atoms with van der Waals surface area (Å²) >= 11 is 1.53. The van der Waals surface area contributed by atoms with E-state index < -0.39 is 12.5 Å². The minimum absolute atomic E-state index is 0.932. The molecule has 0 unspecified atom stereocenters. The van der Waals surface area contributed by atoms with Gasteiger partial charge in [0, 0.05) is 0 Å². The summed E-state index contributed by atoms with van der Waals surface area (Å²) in [7, 11) is 0. The molecule has 0 spiro atoms. The Bertz CT molecular complexity index is 523. The van der Waals surface area contributed by atoms with E-state index in [4.69, 9.17) is 5.71 Å². The van der Waals surface area contributed by atoms with Gasteiger partial charge in [-0.25, -0.2) is 0 Å². The first kappa shape index (κ1) is 15.8. The molecule has 0 heterocycles. The second kappa shape index (κ2) is 6.89. The number of aryl methyl sites for hydroxylation is 2. The summed E-state index contributed by atoms with van der Waals surface area (Å²) in [6.07, 6.45) is 0. The summed E-state index contributed by atoms with van der Waals surface area (Å²) in [5, 5.41) is 0. The van der Waals surface area contributed by atoms with Gasteiger partial charge in [0.05, 0.1) is 0 Å². The third-order valence-electron chi connectivity index (χ3n) is 2.64. The van der Waals surface area contributed by atoms with E-state index in [9.17, 15) is 0 Å². The van der Waals surface area contributed by atoms with Crippen LogP contribution in [-0.4, -0.2) is 0 Å². The standard InChI is InChI=1S/2C7H8O.Hf.2HI/c2*1-6-4-2-3-5-7(6)8;;;/h2*2-5,8H,1H3;;2*1H/q;;+4;;/p-4. The topological polar surface area (TPSA) is 18.5 Å². The van der Waals surface area contributed by atoms with E-state index in [1.54, 1.807) is 0 Å². The van der Waals surface area contributed by atoms with Crippen molar-refractivity contribution in [2.24, 2.45) is 0 Å². The third-order valence-corrected chi connectivity index (χ3v) is 13.1. The zero-order valence-corrected chi connectivity index (χ0v) is 18.6. The van der Waals surface area contributed by atoms with Gasteiger partial charge in [-0.05, 0) is 0 Å². The van der Waals surface area contributed by atoms with Gasteiger partial charge in [-0.2, -0.15) is 0 Å². The second-order valence-corrected chi connectivity index (χ2v) is 49.1. The minimum atomic E-state index is -3.23. The number of hydrogen-bond acceptors (Lipinski definition) is 2. The molecule has 0 saturated carbocycles. The van der Waals surface area contributed by atoms with Crippen LogP contribution in [0.3, 0.4) is 0 Å². The number of halogens is 2. The van der Waals surface area contributed by atoms with Crippen LogP contribution in [0.25, 0.3) is 0 Å². The third kappa shape index (κ3) is 4.70. The predicted octanol–water partition coefficient (Wildman–Crippen LogP) is 5.45. The van der Waals surface area contributed by atoms with Crippen LogP contribution in [0.1, 0.15) is 11.1 Å². The van der Waals surface area contributed by atoms with Crippen molar-refractivity contribution >= 4 is 36.3 Å². The van der Waals surface area contributed by atoms with Crippen molar-refractivity contribution in [2.45, 2.75) is 13.8 Å². The fraction of sp³-hybridized carbons (Fsp3) is 0.143. The van der Waals surface area contributed by atoms with Gasteiger partial charge in [0.15, 0.2) is 0 Å². The Morgan fingerprint density at radius 2 is 1.11 bits per heavy atom. The Labute approximate surface area is 138 Å². The number of hydrogen-bond donors (Lipinski definition) is 0. The van der Waals surface area contributed by atoms with Crippen LogP contribution in [0.15, 0.2) is 48.5 Å². The van der Waals surface area contributed by atoms with Crippen LogP contribution in [0.4, 0.5) is 0 Å². The zero-order valence-electron chi connectivity index (χ0n) is 10.7. The summed E-state index contributed by atoms with van der Waals surface area (Å²) in [6, 6.07) is 16.1. The molecule has 2 aromatic carbocycles. The second-order valence-electron chi connectivity index (χ2n) is 4.20. The Kier molecular flexibility index (Phi) is 5.71. The summed E-state index contributed by atoms with van der Waals surface area (Å²) in [4.78, 5) is 0. The molecule has 0 aliphatic carbocycles. The van der Waals surface area contributed by atoms with Crippen molar-refractivity contribution in [3.63, 3.8) is 0 Å². The van der Waals surface area contributed by atoms with Crippen LogP contribution < -0.4 is 5.71 Å². The van der Waals surface area contributed by atoms with Gasteiger partial charge >= 0.3 is 140 Å². The molecule has 5 heteroatoms. The molecule has 0 atom stereocenters. The molecule has 0 aromatic heterocycles. The van der Waals surface area contributed by atoms with Gasteiger partial charge in [-0.15, -0.1) is 0 Å². The van der Waals surface area contributed by atoms with Gasteiger partial charge in [0.25, 0.3) is 0 Å². The molecule has 0 radical (unpaired) electrons. The van der Waals surface area contributed by atoms with E-state index in [-0.39, 0.29) is 0 Å². The summed E-state index contributed by atoms with van der Waals surface area (Å²) in [6.45, 7) is 4.11. The first-order chi connectivity index (χ1) is 8.98.